The number of pyridine rings is 1. The number of nitriles is 1. The number of halogens is 1. The van der Waals surface area contributed by atoms with Gasteiger partial charge in [-0.2, -0.15) is 10.2 Å². The van der Waals surface area contributed by atoms with E-state index in [-0.39, 0.29) is 23.2 Å². The number of hydrogen-bond acceptors (Lipinski definition) is 8. The molecule has 4 rings (SSSR count). The topological polar surface area (TPSA) is 124 Å². The maximum atomic E-state index is 9.61. The summed E-state index contributed by atoms with van der Waals surface area (Å²) in [6, 6.07) is 13.3. The molecule has 0 aliphatic carbocycles. The number of benzene rings is 1. The Morgan fingerprint density at radius 1 is 1.17 bits per heavy atom. The number of allylic oxidation sites excluding steroid dienone is 1. The van der Waals surface area contributed by atoms with Gasteiger partial charge >= 0.3 is 0 Å². The van der Waals surface area contributed by atoms with E-state index in [0.29, 0.717) is 21.5 Å². The lowest BCUT2D eigenvalue weighted by Gasteiger charge is -2.26. The van der Waals surface area contributed by atoms with Crippen LogP contribution in [-0.4, -0.2) is 15.0 Å². The van der Waals surface area contributed by atoms with Crippen LogP contribution in [0, 0.1) is 11.3 Å². The molecular weight excluding hydrogens is 408 g/mol. The molecule has 2 aromatic heterocycles. The van der Waals surface area contributed by atoms with Crippen LogP contribution in [-0.2, 0) is 5.75 Å². The van der Waals surface area contributed by atoms with Crippen LogP contribution in [0.2, 0.25) is 5.02 Å². The molecule has 3 aromatic rings. The van der Waals surface area contributed by atoms with Crippen molar-refractivity contribution >= 4 is 29.2 Å². The molecule has 1 aromatic carbocycles. The summed E-state index contributed by atoms with van der Waals surface area (Å²) in [5.74, 6) is 0.591. The van der Waals surface area contributed by atoms with E-state index in [1.54, 1.807) is 18.5 Å². The Labute approximate surface area is 176 Å². The van der Waals surface area contributed by atoms with Crippen molar-refractivity contribution in [3.8, 4) is 11.9 Å². The number of aromatic nitrogens is 3. The van der Waals surface area contributed by atoms with Crippen molar-refractivity contribution < 1.29 is 4.74 Å². The minimum Gasteiger partial charge on any atom is -0.422 e. The highest BCUT2D eigenvalue weighted by Crippen LogP contribution is 2.44. The molecule has 0 unspecified atom stereocenters. The second kappa shape index (κ2) is 7.99. The molecule has 1 aliphatic rings. The maximum Gasteiger partial charge on any atom is 0.231 e. The third-order valence-electron chi connectivity index (χ3n) is 4.39. The SMILES string of the molecule is N#CC1=C(N)Oc2nc(SCc3ccc(Cl)cc3)nc(N)c2[C@H]1c1cccnc1. The zero-order valence-corrected chi connectivity index (χ0v) is 16.6. The Bertz CT molecular complexity index is 1130. The largest absolute Gasteiger partial charge is 0.422 e. The molecule has 0 saturated carbocycles. The summed E-state index contributed by atoms with van der Waals surface area (Å²) in [5, 5.41) is 10.7. The quantitative estimate of drug-likeness (QED) is 0.482. The van der Waals surface area contributed by atoms with Gasteiger partial charge in [-0.25, -0.2) is 4.98 Å². The Kier molecular flexibility index (Phi) is 5.25. The summed E-state index contributed by atoms with van der Waals surface area (Å²) in [6.45, 7) is 0. The number of hydrogen-bond donors (Lipinski definition) is 2. The number of rotatable bonds is 4. The third kappa shape index (κ3) is 3.83. The number of thioether (sulfide) groups is 1. The Morgan fingerprint density at radius 2 is 1.97 bits per heavy atom. The van der Waals surface area contributed by atoms with E-state index in [0.717, 1.165) is 11.1 Å². The zero-order valence-electron chi connectivity index (χ0n) is 15.0. The van der Waals surface area contributed by atoms with Gasteiger partial charge in [-0.15, -0.1) is 0 Å². The Hall–Kier alpha value is -3.28. The molecule has 9 heteroatoms. The van der Waals surface area contributed by atoms with Gasteiger partial charge in [0.25, 0.3) is 0 Å². The van der Waals surface area contributed by atoms with Gasteiger partial charge in [0, 0.05) is 23.2 Å². The molecular formula is C20H15ClN6OS. The molecule has 0 saturated heterocycles. The molecule has 0 amide bonds. The highest BCUT2D eigenvalue weighted by Gasteiger charge is 2.34. The fourth-order valence-corrected chi connectivity index (χ4v) is 3.96. The first-order valence-corrected chi connectivity index (χ1v) is 9.95. The standard InChI is InChI=1S/C20H15ClN6OS/c21-13-5-3-11(4-6-13)10-29-20-26-17(23)16-15(12-2-1-7-25-9-12)14(8-22)18(24)28-19(16)27-20/h1-7,9,15H,10,24H2,(H2,23,26,27)/t15-/m0/s1. The van der Waals surface area contributed by atoms with Crippen LogP contribution in [0.1, 0.15) is 22.6 Å². The summed E-state index contributed by atoms with van der Waals surface area (Å²) in [6.07, 6.45) is 3.31. The van der Waals surface area contributed by atoms with Gasteiger partial charge in [-0.3, -0.25) is 4.98 Å². The van der Waals surface area contributed by atoms with Crippen LogP contribution in [0.4, 0.5) is 5.82 Å². The average molecular weight is 423 g/mol. The van der Waals surface area contributed by atoms with Gasteiger partial charge in [-0.1, -0.05) is 41.6 Å². The van der Waals surface area contributed by atoms with Crippen LogP contribution in [0.25, 0.3) is 0 Å². The smallest absolute Gasteiger partial charge is 0.231 e. The van der Waals surface area contributed by atoms with Gasteiger partial charge in [0.15, 0.2) is 5.16 Å². The summed E-state index contributed by atoms with van der Waals surface area (Å²) in [4.78, 5) is 13.0. The molecule has 1 aliphatic heterocycles. The van der Waals surface area contributed by atoms with Gasteiger partial charge in [-0.05, 0) is 29.3 Å². The Morgan fingerprint density at radius 3 is 2.66 bits per heavy atom. The summed E-state index contributed by atoms with van der Waals surface area (Å²) in [5.41, 5.74) is 14.9. The second-order valence-electron chi connectivity index (χ2n) is 6.24. The summed E-state index contributed by atoms with van der Waals surface area (Å²) >= 11 is 7.33. The minimum absolute atomic E-state index is 0.000560. The van der Waals surface area contributed by atoms with Crippen LogP contribution in [0.5, 0.6) is 5.88 Å². The number of anilines is 1. The lowest BCUT2D eigenvalue weighted by molar-refractivity contribution is 0.372. The van der Waals surface area contributed by atoms with E-state index in [4.69, 9.17) is 27.8 Å². The molecule has 0 bridgehead atoms. The summed E-state index contributed by atoms with van der Waals surface area (Å²) in [7, 11) is 0. The molecule has 1 atom stereocenters. The van der Waals surface area contributed by atoms with Crippen molar-refractivity contribution in [2.24, 2.45) is 5.73 Å². The lowest BCUT2D eigenvalue weighted by Crippen LogP contribution is -2.23. The lowest BCUT2D eigenvalue weighted by atomic mass is 9.85. The summed E-state index contributed by atoms with van der Waals surface area (Å²) < 4.78 is 5.63. The molecule has 0 spiro atoms. The minimum atomic E-state index is -0.534. The predicted octanol–water partition coefficient (Wildman–Crippen LogP) is 3.62. The van der Waals surface area contributed by atoms with Gasteiger partial charge < -0.3 is 16.2 Å². The normalized spacial score (nSPS) is 15.4. The monoisotopic (exact) mass is 422 g/mol. The van der Waals surface area contributed by atoms with E-state index in [9.17, 15) is 5.26 Å². The zero-order chi connectivity index (χ0) is 20.4. The van der Waals surface area contributed by atoms with Gasteiger partial charge in [0.2, 0.25) is 11.8 Å². The van der Waals surface area contributed by atoms with E-state index in [1.165, 1.54) is 11.8 Å². The highest BCUT2D eigenvalue weighted by molar-refractivity contribution is 7.98. The molecule has 3 heterocycles. The second-order valence-corrected chi connectivity index (χ2v) is 7.62. The number of ether oxygens (including phenoxy) is 1. The van der Waals surface area contributed by atoms with Crippen LogP contribution in [0.3, 0.4) is 0 Å². The maximum absolute atomic E-state index is 9.61. The fraction of sp³-hybridized carbons (Fsp3) is 0.100. The van der Waals surface area contributed by atoms with Crippen LogP contribution in [0.15, 0.2) is 65.4 Å². The van der Waals surface area contributed by atoms with E-state index >= 15 is 0 Å². The predicted molar refractivity (Wildman–Crippen MR) is 111 cm³/mol. The molecule has 144 valence electrons. The third-order valence-corrected chi connectivity index (χ3v) is 5.56. The number of fused-ring (bicyclic) bond motifs is 1. The van der Waals surface area contributed by atoms with Crippen molar-refractivity contribution in [1.82, 2.24) is 15.0 Å². The first-order chi connectivity index (χ1) is 14.1. The number of nitrogens with zero attached hydrogens (tertiary/aromatic N) is 4. The van der Waals surface area contributed by atoms with Crippen molar-refractivity contribution in [3.05, 3.63) is 82.0 Å². The van der Waals surface area contributed by atoms with E-state index < -0.39 is 5.92 Å². The molecule has 0 fully saturated rings. The van der Waals surface area contributed by atoms with Crippen molar-refractivity contribution in [3.63, 3.8) is 0 Å². The Balaban J connectivity index is 1.70. The first-order valence-electron chi connectivity index (χ1n) is 8.59. The van der Waals surface area contributed by atoms with Gasteiger partial charge in [0.05, 0.1) is 11.5 Å². The van der Waals surface area contributed by atoms with E-state index in [2.05, 4.69) is 21.0 Å². The molecule has 29 heavy (non-hydrogen) atoms. The van der Waals surface area contributed by atoms with Crippen LogP contribution < -0.4 is 16.2 Å². The first kappa shape index (κ1) is 19.1. The van der Waals surface area contributed by atoms with Crippen LogP contribution >= 0.6 is 23.4 Å². The van der Waals surface area contributed by atoms with Crippen molar-refractivity contribution in [2.45, 2.75) is 16.8 Å². The van der Waals surface area contributed by atoms with Crippen molar-refractivity contribution in [2.75, 3.05) is 5.73 Å². The number of nitrogens with two attached hydrogens (primary N) is 2. The van der Waals surface area contributed by atoms with E-state index in [1.807, 2.05) is 30.3 Å². The average Bonchev–Trinajstić information content (AvgIpc) is 2.73. The molecule has 4 N–H and O–H groups in total. The molecule has 7 nitrogen and oxygen atoms in total. The fourth-order valence-electron chi connectivity index (χ4n) is 3.03. The number of nitrogen functional groups attached to an aromatic ring is 1. The highest BCUT2D eigenvalue weighted by atomic mass is 35.5. The van der Waals surface area contributed by atoms with Gasteiger partial charge in [0.1, 0.15) is 17.5 Å². The molecule has 0 radical (unpaired) electrons. The van der Waals surface area contributed by atoms with Crippen molar-refractivity contribution in [1.29, 1.82) is 5.26 Å².